The lowest BCUT2D eigenvalue weighted by atomic mass is 10.1. The van der Waals surface area contributed by atoms with Crippen molar-refractivity contribution in [2.45, 2.75) is 38.6 Å². The van der Waals surface area contributed by atoms with Crippen molar-refractivity contribution in [2.75, 3.05) is 38.2 Å². The number of carbonyl (C=O) groups is 1. The lowest BCUT2D eigenvalue weighted by Gasteiger charge is -2.31. The van der Waals surface area contributed by atoms with Crippen molar-refractivity contribution in [3.05, 3.63) is 0 Å². The number of nitrogens with zero attached hydrogens (tertiary/aromatic N) is 2. The first-order valence-electron chi connectivity index (χ1n) is 8.39. The van der Waals surface area contributed by atoms with Gasteiger partial charge in [-0.2, -0.15) is 0 Å². The minimum Gasteiger partial charge on any atom is -0.450 e. The van der Waals surface area contributed by atoms with Crippen molar-refractivity contribution in [3.63, 3.8) is 0 Å². The van der Waals surface area contributed by atoms with E-state index in [-0.39, 0.29) is 47.3 Å². The van der Waals surface area contributed by atoms with Crippen molar-refractivity contribution in [3.8, 4) is 0 Å². The smallest absolute Gasteiger partial charge is 0.409 e. The molecule has 8 nitrogen and oxygen atoms in total. The van der Waals surface area contributed by atoms with Crippen molar-refractivity contribution in [1.29, 1.82) is 0 Å². The molecule has 10 heteroatoms. The summed E-state index contributed by atoms with van der Waals surface area (Å²) in [7, 11) is -2.99. The van der Waals surface area contributed by atoms with Crippen LogP contribution >= 0.6 is 24.0 Å². The molecule has 0 aromatic rings. The molecule has 1 heterocycles. The fraction of sp³-hybridized carbons (Fsp3) is 0.867. The minimum atomic E-state index is -2.99. The topological polar surface area (TPSA) is 114 Å². The molecule has 0 aromatic heterocycles. The van der Waals surface area contributed by atoms with Crippen LogP contribution in [0.1, 0.15) is 32.6 Å². The van der Waals surface area contributed by atoms with Crippen LogP contribution in [0.25, 0.3) is 0 Å². The maximum atomic E-state index is 11.6. The van der Waals surface area contributed by atoms with Crippen LogP contribution in [-0.2, 0) is 14.6 Å². The number of nitrogens with one attached hydrogen (secondary N) is 1. The van der Waals surface area contributed by atoms with Gasteiger partial charge in [-0.15, -0.1) is 24.0 Å². The summed E-state index contributed by atoms with van der Waals surface area (Å²) in [4.78, 5) is 17.7. The molecular formula is C15H29IN4O4S. The highest BCUT2D eigenvalue weighted by Crippen LogP contribution is 2.46. The molecule has 1 saturated carbocycles. The number of hydrogen-bond acceptors (Lipinski definition) is 5. The monoisotopic (exact) mass is 488 g/mol. The number of rotatable bonds is 6. The maximum Gasteiger partial charge on any atom is 0.409 e. The Morgan fingerprint density at radius 3 is 2.44 bits per heavy atom. The van der Waals surface area contributed by atoms with Gasteiger partial charge in [0.1, 0.15) is 9.84 Å². The Hall–Kier alpha value is -0.780. The number of hydrogen-bond donors (Lipinski definition) is 2. The number of halogens is 1. The summed E-state index contributed by atoms with van der Waals surface area (Å²) in [5.74, 6) is 0.527. The van der Waals surface area contributed by atoms with E-state index in [1.165, 1.54) is 6.26 Å². The van der Waals surface area contributed by atoms with Crippen LogP contribution in [-0.4, -0.2) is 69.7 Å². The van der Waals surface area contributed by atoms with E-state index in [9.17, 15) is 13.2 Å². The molecule has 0 unspecified atom stereocenters. The summed E-state index contributed by atoms with van der Waals surface area (Å²) in [5, 5.41) is 3.17. The maximum absolute atomic E-state index is 11.6. The molecule has 1 amide bonds. The highest BCUT2D eigenvalue weighted by Gasteiger charge is 2.45. The number of piperidine rings is 1. The second kappa shape index (κ2) is 9.24. The zero-order chi connectivity index (χ0) is 17.8. The molecular weight excluding hydrogens is 459 g/mol. The van der Waals surface area contributed by atoms with Gasteiger partial charge in [-0.25, -0.2) is 13.2 Å². The van der Waals surface area contributed by atoms with Crippen LogP contribution in [0, 0.1) is 5.41 Å². The van der Waals surface area contributed by atoms with E-state index in [1.54, 1.807) is 11.8 Å². The molecule has 0 aromatic carbocycles. The van der Waals surface area contributed by atoms with Crippen LogP contribution in [0.2, 0.25) is 0 Å². The average Bonchev–Trinajstić information content (AvgIpc) is 3.24. The third kappa shape index (κ3) is 7.55. The van der Waals surface area contributed by atoms with Gasteiger partial charge in [0.05, 0.1) is 12.4 Å². The number of carbonyl (C=O) groups excluding carboxylic acids is 1. The minimum absolute atomic E-state index is 0. The molecule has 0 radical (unpaired) electrons. The molecule has 0 spiro atoms. The van der Waals surface area contributed by atoms with E-state index in [4.69, 9.17) is 10.5 Å². The third-order valence-electron chi connectivity index (χ3n) is 4.48. The Balaban J connectivity index is 0.00000312. The standard InChI is InChI=1S/C15H28N4O4S.HI/c1-3-23-14(20)19-8-4-12(5-9-19)18-13(16)17-10-15(6-7-15)11-24(2,21)22;/h12H,3-11H2,1-2H3,(H3,16,17,18);1H. The average molecular weight is 488 g/mol. The van der Waals surface area contributed by atoms with Gasteiger partial charge in [-0.1, -0.05) is 0 Å². The molecule has 3 N–H and O–H groups in total. The molecule has 1 aliphatic heterocycles. The SMILES string of the molecule is CCOC(=O)N1CCC(NC(N)=NCC2(CS(C)(=O)=O)CC2)CC1.I. The van der Waals surface area contributed by atoms with Crippen LogP contribution in [0.5, 0.6) is 0 Å². The van der Waals surface area contributed by atoms with Crippen LogP contribution in [0.4, 0.5) is 4.79 Å². The van der Waals surface area contributed by atoms with Gasteiger partial charge in [-0.05, 0) is 32.6 Å². The quantitative estimate of drug-likeness (QED) is 0.327. The summed E-state index contributed by atoms with van der Waals surface area (Å²) in [5.41, 5.74) is 5.71. The normalized spacial score (nSPS) is 20.6. The molecule has 25 heavy (non-hydrogen) atoms. The van der Waals surface area contributed by atoms with Gasteiger partial charge in [-0.3, -0.25) is 4.99 Å². The van der Waals surface area contributed by atoms with Gasteiger partial charge in [0, 0.05) is 37.3 Å². The predicted molar refractivity (Wildman–Crippen MR) is 108 cm³/mol. The first-order chi connectivity index (χ1) is 11.2. The molecule has 1 saturated heterocycles. The van der Waals surface area contributed by atoms with E-state index in [1.807, 2.05) is 0 Å². The summed E-state index contributed by atoms with van der Waals surface area (Å²) in [6, 6.07) is 0.171. The van der Waals surface area contributed by atoms with E-state index < -0.39 is 9.84 Å². The first kappa shape index (κ1) is 22.3. The number of amides is 1. The Bertz CT molecular complexity index is 584. The van der Waals surface area contributed by atoms with E-state index in [0.29, 0.717) is 32.2 Å². The lowest BCUT2D eigenvalue weighted by molar-refractivity contribution is 0.0963. The van der Waals surface area contributed by atoms with Gasteiger partial charge in [0.2, 0.25) is 0 Å². The number of likely N-dealkylation sites (tertiary alicyclic amines) is 1. The highest BCUT2D eigenvalue weighted by atomic mass is 127. The number of nitrogens with two attached hydrogens (primary N) is 1. The summed E-state index contributed by atoms with van der Waals surface area (Å²) in [6.45, 7) is 3.87. The Kier molecular flexibility index (Phi) is 8.23. The van der Waals surface area contributed by atoms with Crippen LogP contribution in [0.15, 0.2) is 4.99 Å². The number of aliphatic imine (C=N–C) groups is 1. The molecule has 0 bridgehead atoms. The van der Waals surface area contributed by atoms with Crippen molar-refractivity contribution in [1.82, 2.24) is 10.2 Å². The third-order valence-corrected chi connectivity index (χ3v) is 5.62. The van der Waals surface area contributed by atoms with Crippen molar-refractivity contribution < 1.29 is 17.9 Å². The van der Waals surface area contributed by atoms with Gasteiger partial charge in [0.25, 0.3) is 0 Å². The molecule has 146 valence electrons. The van der Waals surface area contributed by atoms with E-state index in [2.05, 4.69) is 10.3 Å². The molecule has 2 rings (SSSR count). The summed E-state index contributed by atoms with van der Waals surface area (Å²) in [6.07, 6.45) is 4.32. The Morgan fingerprint density at radius 2 is 1.96 bits per heavy atom. The van der Waals surface area contributed by atoms with Crippen molar-refractivity contribution >= 4 is 45.9 Å². The van der Waals surface area contributed by atoms with Gasteiger partial charge < -0.3 is 20.7 Å². The number of ether oxygens (including phenoxy) is 1. The fourth-order valence-electron chi connectivity index (χ4n) is 3.01. The zero-order valence-electron chi connectivity index (χ0n) is 14.9. The summed E-state index contributed by atoms with van der Waals surface area (Å²) < 4.78 is 27.9. The second-order valence-electron chi connectivity index (χ2n) is 6.88. The Morgan fingerprint density at radius 1 is 1.36 bits per heavy atom. The number of sulfone groups is 1. The fourth-order valence-corrected chi connectivity index (χ4v) is 4.50. The van der Waals surface area contributed by atoms with Gasteiger partial charge >= 0.3 is 6.09 Å². The van der Waals surface area contributed by atoms with Gasteiger partial charge in [0.15, 0.2) is 5.96 Å². The van der Waals surface area contributed by atoms with E-state index >= 15 is 0 Å². The molecule has 2 aliphatic rings. The molecule has 2 fully saturated rings. The summed E-state index contributed by atoms with van der Waals surface area (Å²) >= 11 is 0. The first-order valence-corrected chi connectivity index (χ1v) is 10.4. The molecule has 1 aliphatic carbocycles. The number of guanidine groups is 1. The zero-order valence-corrected chi connectivity index (χ0v) is 18.0. The predicted octanol–water partition coefficient (Wildman–Crippen LogP) is 0.954. The van der Waals surface area contributed by atoms with Crippen molar-refractivity contribution in [2.24, 2.45) is 16.1 Å². The van der Waals surface area contributed by atoms with E-state index in [0.717, 1.165) is 25.7 Å². The molecule has 0 atom stereocenters. The lowest BCUT2D eigenvalue weighted by Crippen LogP contribution is -2.48. The Labute approximate surface area is 166 Å². The van der Waals surface area contributed by atoms with Crippen LogP contribution in [0.3, 0.4) is 0 Å². The largest absolute Gasteiger partial charge is 0.450 e. The van der Waals surface area contributed by atoms with Crippen LogP contribution < -0.4 is 11.1 Å². The highest BCUT2D eigenvalue weighted by molar-refractivity contribution is 14.0. The second-order valence-corrected chi connectivity index (χ2v) is 9.02.